The molecule has 0 fully saturated rings. The molecule has 0 saturated heterocycles. The maximum Gasteiger partial charge on any atom is 0.339 e. The summed E-state index contributed by atoms with van der Waals surface area (Å²) >= 11 is 0. The fourth-order valence-electron chi connectivity index (χ4n) is 1.97. The first-order valence-electron chi connectivity index (χ1n) is 6.13. The zero-order chi connectivity index (χ0) is 14.7. The van der Waals surface area contributed by atoms with Crippen molar-refractivity contribution in [2.24, 2.45) is 0 Å². The number of aryl methyl sites for hydroxylation is 1. The maximum atomic E-state index is 12.9. The lowest BCUT2D eigenvalue weighted by molar-refractivity contribution is 0.0697. The largest absolute Gasteiger partial charge is 0.478 e. The first kappa shape index (κ1) is 14.0. The van der Waals surface area contributed by atoms with E-state index in [1.807, 2.05) is 4.90 Å². The van der Waals surface area contributed by atoms with Gasteiger partial charge in [-0.25, -0.2) is 9.18 Å². The molecule has 0 amide bonds. The zero-order valence-electron chi connectivity index (χ0n) is 11.3. The van der Waals surface area contributed by atoms with E-state index in [0.29, 0.717) is 12.2 Å². The van der Waals surface area contributed by atoms with E-state index < -0.39 is 5.97 Å². The molecular weight excluding hydrogens is 259 g/mol. The van der Waals surface area contributed by atoms with Gasteiger partial charge in [0, 0.05) is 25.5 Å². The Morgan fingerprint density at radius 1 is 1.35 bits per heavy atom. The molecule has 1 aromatic carbocycles. The molecular formula is C15H15FN2O2. The van der Waals surface area contributed by atoms with Crippen molar-refractivity contribution in [2.75, 3.05) is 11.9 Å². The highest BCUT2D eigenvalue weighted by molar-refractivity contribution is 5.94. The van der Waals surface area contributed by atoms with Crippen LogP contribution in [0.15, 0.2) is 36.5 Å². The first-order chi connectivity index (χ1) is 9.47. The quantitative estimate of drug-likeness (QED) is 0.931. The van der Waals surface area contributed by atoms with E-state index in [2.05, 4.69) is 4.98 Å². The van der Waals surface area contributed by atoms with Gasteiger partial charge in [-0.15, -0.1) is 0 Å². The summed E-state index contributed by atoms with van der Waals surface area (Å²) in [7, 11) is 1.80. The van der Waals surface area contributed by atoms with Gasteiger partial charge in [-0.2, -0.15) is 0 Å². The van der Waals surface area contributed by atoms with Gasteiger partial charge in [-0.05, 0) is 30.7 Å². The summed E-state index contributed by atoms with van der Waals surface area (Å²) in [5.41, 5.74) is 2.39. The molecule has 2 aromatic rings. The summed E-state index contributed by atoms with van der Waals surface area (Å²) in [6.45, 7) is 2.30. The fourth-order valence-corrected chi connectivity index (χ4v) is 1.97. The second-order valence-corrected chi connectivity index (χ2v) is 4.63. The predicted octanol–water partition coefficient (Wildman–Crippen LogP) is 2.86. The molecule has 0 saturated carbocycles. The molecule has 2 rings (SSSR count). The van der Waals surface area contributed by atoms with Crippen LogP contribution in [-0.4, -0.2) is 23.1 Å². The van der Waals surface area contributed by atoms with E-state index >= 15 is 0 Å². The van der Waals surface area contributed by atoms with E-state index in [1.165, 1.54) is 18.3 Å². The summed E-state index contributed by atoms with van der Waals surface area (Å²) in [6.07, 6.45) is 1.36. The highest BCUT2D eigenvalue weighted by Gasteiger charge is 2.14. The molecule has 0 radical (unpaired) electrons. The molecule has 0 aliphatic rings. The van der Waals surface area contributed by atoms with Gasteiger partial charge >= 0.3 is 5.97 Å². The highest BCUT2D eigenvalue weighted by Crippen LogP contribution is 2.21. The molecule has 4 nitrogen and oxygen atoms in total. The molecule has 0 atom stereocenters. The minimum atomic E-state index is -1.02. The Labute approximate surface area is 116 Å². The molecule has 0 aliphatic carbocycles. The third kappa shape index (κ3) is 3.12. The van der Waals surface area contributed by atoms with Crippen molar-refractivity contribution >= 4 is 11.7 Å². The molecule has 1 aromatic heterocycles. The van der Waals surface area contributed by atoms with Gasteiger partial charge in [0.1, 0.15) is 11.4 Å². The number of aromatic carboxylic acids is 1. The molecule has 0 spiro atoms. The van der Waals surface area contributed by atoms with Gasteiger partial charge in [-0.1, -0.05) is 12.1 Å². The standard InChI is InChI=1S/C15H15FN2O2/c1-10-7-14(13(8-17-10)15(19)20)18(2)9-11-3-5-12(16)6-4-11/h3-8H,9H2,1-2H3,(H,19,20). The van der Waals surface area contributed by atoms with Gasteiger partial charge < -0.3 is 10.0 Å². The summed E-state index contributed by atoms with van der Waals surface area (Å²) < 4.78 is 12.9. The van der Waals surface area contributed by atoms with Crippen LogP contribution >= 0.6 is 0 Å². The van der Waals surface area contributed by atoms with Crippen molar-refractivity contribution in [3.63, 3.8) is 0 Å². The van der Waals surface area contributed by atoms with Gasteiger partial charge in [0.05, 0.1) is 5.69 Å². The molecule has 0 aliphatic heterocycles. The Morgan fingerprint density at radius 3 is 2.60 bits per heavy atom. The minimum Gasteiger partial charge on any atom is -0.478 e. The Morgan fingerprint density at radius 2 is 2.00 bits per heavy atom. The average molecular weight is 274 g/mol. The molecule has 1 heterocycles. The third-order valence-electron chi connectivity index (χ3n) is 2.99. The van der Waals surface area contributed by atoms with Gasteiger partial charge in [0.15, 0.2) is 0 Å². The lowest BCUT2D eigenvalue weighted by atomic mass is 10.1. The lowest BCUT2D eigenvalue weighted by Gasteiger charge is -2.21. The molecule has 1 N–H and O–H groups in total. The number of carboxylic acids is 1. The van der Waals surface area contributed by atoms with Crippen LogP contribution in [0.4, 0.5) is 10.1 Å². The number of rotatable bonds is 4. The maximum absolute atomic E-state index is 12.9. The van der Waals surface area contributed by atoms with Gasteiger partial charge in [-0.3, -0.25) is 4.98 Å². The molecule has 104 valence electrons. The van der Waals surface area contributed by atoms with Crippen LogP contribution < -0.4 is 4.90 Å². The predicted molar refractivity (Wildman–Crippen MR) is 74.4 cm³/mol. The smallest absolute Gasteiger partial charge is 0.339 e. The van der Waals surface area contributed by atoms with Gasteiger partial charge in [0.25, 0.3) is 0 Å². The number of anilines is 1. The van der Waals surface area contributed by atoms with E-state index in [1.54, 1.807) is 32.2 Å². The van der Waals surface area contributed by atoms with Crippen molar-refractivity contribution in [1.29, 1.82) is 0 Å². The number of carbonyl (C=O) groups is 1. The number of hydrogen-bond acceptors (Lipinski definition) is 3. The van der Waals surface area contributed by atoms with Crippen molar-refractivity contribution in [3.8, 4) is 0 Å². The van der Waals surface area contributed by atoms with Crippen LogP contribution in [0.5, 0.6) is 0 Å². The fraction of sp³-hybridized carbons (Fsp3) is 0.200. The van der Waals surface area contributed by atoms with Crippen LogP contribution in [0, 0.1) is 12.7 Å². The van der Waals surface area contributed by atoms with E-state index in [-0.39, 0.29) is 11.4 Å². The molecule has 0 bridgehead atoms. The SMILES string of the molecule is Cc1cc(N(C)Cc2ccc(F)cc2)c(C(=O)O)cn1. The number of pyridine rings is 1. The Kier molecular flexibility index (Phi) is 3.98. The lowest BCUT2D eigenvalue weighted by Crippen LogP contribution is -2.20. The monoisotopic (exact) mass is 274 g/mol. The first-order valence-corrected chi connectivity index (χ1v) is 6.13. The number of hydrogen-bond donors (Lipinski definition) is 1. The zero-order valence-corrected chi connectivity index (χ0v) is 11.3. The normalized spacial score (nSPS) is 10.3. The molecule has 20 heavy (non-hydrogen) atoms. The number of aromatic nitrogens is 1. The second-order valence-electron chi connectivity index (χ2n) is 4.63. The van der Waals surface area contributed by atoms with Crippen molar-refractivity contribution in [2.45, 2.75) is 13.5 Å². The summed E-state index contributed by atoms with van der Waals surface area (Å²) in [6, 6.07) is 7.87. The minimum absolute atomic E-state index is 0.153. The van der Waals surface area contributed by atoms with Crippen LogP contribution in [0.2, 0.25) is 0 Å². The van der Waals surface area contributed by atoms with Crippen molar-refractivity contribution < 1.29 is 14.3 Å². The number of benzene rings is 1. The number of nitrogens with zero attached hydrogens (tertiary/aromatic N) is 2. The van der Waals surface area contributed by atoms with Crippen molar-refractivity contribution in [3.05, 3.63) is 59.2 Å². The second kappa shape index (κ2) is 5.69. The molecule has 5 heteroatoms. The number of halogens is 1. The summed E-state index contributed by atoms with van der Waals surface area (Å²) in [5.74, 6) is -1.30. The van der Waals surface area contributed by atoms with Crippen LogP contribution in [0.1, 0.15) is 21.6 Å². The van der Waals surface area contributed by atoms with E-state index in [4.69, 9.17) is 0 Å². The Hall–Kier alpha value is -2.43. The van der Waals surface area contributed by atoms with Crippen LogP contribution in [0.25, 0.3) is 0 Å². The Bertz CT molecular complexity index is 626. The summed E-state index contributed by atoms with van der Waals surface area (Å²) in [5, 5.41) is 9.19. The number of carboxylic acid groups (broad SMARTS) is 1. The van der Waals surface area contributed by atoms with E-state index in [9.17, 15) is 14.3 Å². The van der Waals surface area contributed by atoms with Crippen molar-refractivity contribution in [1.82, 2.24) is 4.98 Å². The third-order valence-corrected chi connectivity index (χ3v) is 2.99. The Balaban J connectivity index is 2.28. The highest BCUT2D eigenvalue weighted by atomic mass is 19.1. The summed E-state index contributed by atoms with van der Waals surface area (Å²) in [4.78, 5) is 17.0. The topological polar surface area (TPSA) is 53.4 Å². The van der Waals surface area contributed by atoms with Gasteiger partial charge in [0.2, 0.25) is 0 Å². The molecule has 0 unspecified atom stereocenters. The van der Waals surface area contributed by atoms with E-state index in [0.717, 1.165) is 11.3 Å². The average Bonchev–Trinajstić information content (AvgIpc) is 2.41. The van der Waals surface area contributed by atoms with Crippen LogP contribution in [0.3, 0.4) is 0 Å². The van der Waals surface area contributed by atoms with Crippen LogP contribution in [-0.2, 0) is 6.54 Å².